The molecule has 0 atom stereocenters. The van der Waals surface area contributed by atoms with E-state index in [1.54, 1.807) is 12.3 Å². The third-order valence-corrected chi connectivity index (χ3v) is 3.38. The van der Waals surface area contributed by atoms with Gasteiger partial charge < -0.3 is 10.6 Å². The van der Waals surface area contributed by atoms with Crippen LogP contribution in [0.2, 0.25) is 10.0 Å². The number of pyridine rings is 1. The van der Waals surface area contributed by atoms with Gasteiger partial charge in [-0.1, -0.05) is 53.6 Å². The highest BCUT2D eigenvalue weighted by Crippen LogP contribution is 2.31. The molecule has 1 heterocycles. The first-order chi connectivity index (χ1) is 9.58. The average Bonchev–Trinajstić information content (AvgIpc) is 2.42. The fraction of sp³-hybridized carbons (Fsp3) is 0.143. The molecule has 0 unspecified atom stereocenters. The van der Waals surface area contributed by atoms with Crippen LogP contribution in [0.15, 0.2) is 42.6 Å². The average molecular weight is 326 g/mol. The summed E-state index contributed by atoms with van der Waals surface area (Å²) in [7, 11) is 0. The molecule has 1 aromatic heterocycles. The van der Waals surface area contributed by atoms with Gasteiger partial charge in [-0.3, -0.25) is 0 Å². The molecule has 0 saturated heterocycles. The highest BCUT2D eigenvalue weighted by atomic mass is 35.5. The number of nitrogens with zero attached hydrogens (tertiary/aromatic N) is 2. The van der Waals surface area contributed by atoms with Crippen molar-refractivity contribution in [3.05, 3.63) is 52.6 Å². The van der Waals surface area contributed by atoms with Crippen molar-refractivity contribution in [2.75, 3.05) is 11.4 Å². The van der Waals surface area contributed by atoms with E-state index in [1.807, 2.05) is 35.2 Å². The summed E-state index contributed by atoms with van der Waals surface area (Å²) in [5.74, 6) is 0.638. The molecule has 0 saturated carbocycles. The number of hydrogen-bond donors (Lipinski definition) is 1. The van der Waals surface area contributed by atoms with Gasteiger partial charge in [-0.2, -0.15) is 0 Å². The zero-order valence-electron chi connectivity index (χ0n) is 10.6. The Labute approximate surface area is 133 Å². The molecule has 3 nitrogen and oxygen atoms in total. The zero-order valence-corrected chi connectivity index (χ0v) is 12.9. The maximum absolute atomic E-state index is 6.24. The van der Waals surface area contributed by atoms with Crippen molar-refractivity contribution in [1.82, 2.24) is 4.98 Å². The summed E-state index contributed by atoms with van der Waals surface area (Å²) in [5, 5.41) is 0.991. The molecule has 0 aliphatic heterocycles. The van der Waals surface area contributed by atoms with Crippen molar-refractivity contribution >= 4 is 51.9 Å². The molecule has 2 N–H and O–H groups in total. The Morgan fingerprint density at radius 3 is 2.55 bits per heavy atom. The van der Waals surface area contributed by atoms with Gasteiger partial charge >= 0.3 is 0 Å². The number of rotatable bonds is 5. The quantitative estimate of drug-likeness (QED) is 0.836. The molecular weight excluding hydrogens is 313 g/mol. The van der Waals surface area contributed by atoms with Gasteiger partial charge in [0.05, 0.1) is 15.0 Å². The molecule has 0 radical (unpaired) electrons. The van der Waals surface area contributed by atoms with E-state index in [4.69, 9.17) is 41.2 Å². The van der Waals surface area contributed by atoms with Crippen LogP contribution in [0.5, 0.6) is 0 Å². The van der Waals surface area contributed by atoms with E-state index < -0.39 is 0 Å². The fourth-order valence-corrected chi connectivity index (χ4v) is 2.37. The standard InChI is InChI=1S/C14H13Cl2N3S/c15-10-8-12(16)14(18-9-10)19(7-6-13(17)20)11-4-2-1-3-5-11/h1-5,8-9H,6-7H2,(H2,17,20). The smallest absolute Gasteiger partial charge is 0.151 e. The van der Waals surface area contributed by atoms with Gasteiger partial charge in [-0.15, -0.1) is 0 Å². The number of halogens is 2. The third kappa shape index (κ3) is 3.82. The lowest BCUT2D eigenvalue weighted by Gasteiger charge is -2.24. The molecule has 0 aliphatic carbocycles. The second-order valence-electron chi connectivity index (χ2n) is 4.16. The Hall–Kier alpha value is -1.36. The number of anilines is 2. The van der Waals surface area contributed by atoms with Crippen molar-refractivity contribution in [3.8, 4) is 0 Å². The van der Waals surface area contributed by atoms with E-state index in [9.17, 15) is 0 Å². The van der Waals surface area contributed by atoms with Gasteiger partial charge in [-0.25, -0.2) is 4.98 Å². The van der Waals surface area contributed by atoms with E-state index >= 15 is 0 Å². The molecule has 104 valence electrons. The van der Waals surface area contributed by atoms with Crippen LogP contribution in [0.1, 0.15) is 6.42 Å². The molecule has 0 bridgehead atoms. The van der Waals surface area contributed by atoms with Crippen LogP contribution in [-0.2, 0) is 0 Å². The van der Waals surface area contributed by atoms with Crippen molar-refractivity contribution in [1.29, 1.82) is 0 Å². The van der Waals surface area contributed by atoms with Gasteiger partial charge in [0.15, 0.2) is 5.82 Å². The molecule has 0 aliphatic rings. The summed E-state index contributed by atoms with van der Waals surface area (Å²) in [6, 6.07) is 11.5. The van der Waals surface area contributed by atoms with E-state index in [0.717, 1.165) is 5.69 Å². The van der Waals surface area contributed by atoms with Crippen LogP contribution < -0.4 is 10.6 Å². The number of nitrogens with two attached hydrogens (primary N) is 1. The fourth-order valence-electron chi connectivity index (χ4n) is 1.79. The van der Waals surface area contributed by atoms with Crippen molar-refractivity contribution in [2.24, 2.45) is 5.73 Å². The Morgan fingerprint density at radius 2 is 1.95 bits per heavy atom. The Morgan fingerprint density at radius 1 is 1.25 bits per heavy atom. The van der Waals surface area contributed by atoms with Crippen molar-refractivity contribution in [3.63, 3.8) is 0 Å². The van der Waals surface area contributed by atoms with E-state index in [1.165, 1.54) is 0 Å². The second-order valence-corrected chi connectivity index (χ2v) is 5.53. The lowest BCUT2D eigenvalue weighted by Crippen LogP contribution is -2.24. The van der Waals surface area contributed by atoms with E-state index in [-0.39, 0.29) is 0 Å². The van der Waals surface area contributed by atoms with E-state index in [2.05, 4.69) is 4.98 Å². The lowest BCUT2D eigenvalue weighted by molar-refractivity contribution is 0.944. The maximum Gasteiger partial charge on any atom is 0.151 e. The van der Waals surface area contributed by atoms with Gasteiger partial charge in [0, 0.05) is 24.8 Å². The Kier molecular flexibility index (Phi) is 5.17. The second kappa shape index (κ2) is 6.88. The van der Waals surface area contributed by atoms with Crippen molar-refractivity contribution < 1.29 is 0 Å². The van der Waals surface area contributed by atoms with Crippen LogP contribution in [-0.4, -0.2) is 16.5 Å². The predicted octanol–water partition coefficient (Wildman–Crippen LogP) is 4.20. The van der Waals surface area contributed by atoms with Crippen LogP contribution in [0, 0.1) is 0 Å². The first-order valence-electron chi connectivity index (χ1n) is 6.00. The summed E-state index contributed by atoms with van der Waals surface area (Å²) in [6.07, 6.45) is 2.14. The van der Waals surface area contributed by atoms with Gasteiger partial charge in [-0.05, 0) is 18.2 Å². The Bertz CT molecular complexity index is 605. The highest BCUT2D eigenvalue weighted by Gasteiger charge is 2.14. The summed E-state index contributed by atoms with van der Waals surface area (Å²) in [6.45, 7) is 0.605. The molecule has 1 aromatic carbocycles. The van der Waals surface area contributed by atoms with Crippen LogP contribution >= 0.6 is 35.4 Å². The summed E-state index contributed by atoms with van der Waals surface area (Å²) in [4.78, 5) is 6.74. The summed E-state index contributed by atoms with van der Waals surface area (Å²) >= 11 is 17.1. The van der Waals surface area contributed by atoms with Crippen LogP contribution in [0.25, 0.3) is 0 Å². The first kappa shape index (κ1) is 15.0. The number of thiocarbonyl (C=S) groups is 1. The first-order valence-corrected chi connectivity index (χ1v) is 7.16. The minimum absolute atomic E-state index is 0.455. The minimum Gasteiger partial charge on any atom is -0.393 e. The highest BCUT2D eigenvalue weighted by molar-refractivity contribution is 7.80. The Balaban J connectivity index is 2.37. The monoisotopic (exact) mass is 325 g/mol. The van der Waals surface area contributed by atoms with Crippen molar-refractivity contribution in [2.45, 2.75) is 6.42 Å². The molecule has 0 amide bonds. The van der Waals surface area contributed by atoms with Gasteiger partial charge in [0.2, 0.25) is 0 Å². The molecule has 0 fully saturated rings. The number of aromatic nitrogens is 1. The van der Waals surface area contributed by atoms with Gasteiger partial charge in [0.25, 0.3) is 0 Å². The molecule has 6 heteroatoms. The van der Waals surface area contributed by atoms with Gasteiger partial charge in [0.1, 0.15) is 0 Å². The molecule has 0 spiro atoms. The summed E-state index contributed by atoms with van der Waals surface area (Å²) < 4.78 is 0. The number of benzene rings is 1. The topological polar surface area (TPSA) is 42.1 Å². The summed E-state index contributed by atoms with van der Waals surface area (Å²) in [5.41, 5.74) is 6.56. The largest absolute Gasteiger partial charge is 0.393 e. The number of para-hydroxylation sites is 1. The zero-order chi connectivity index (χ0) is 14.5. The van der Waals surface area contributed by atoms with Crippen LogP contribution in [0.3, 0.4) is 0 Å². The normalized spacial score (nSPS) is 10.3. The predicted molar refractivity (Wildman–Crippen MR) is 89.1 cm³/mol. The molecule has 2 aromatic rings. The number of hydrogen-bond acceptors (Lipinski definition) is 3. The SMILES string of the molecule is NC(=S)CCN(c1ccccc1)c1ncc(Cl)cc1Cl. The van der Waals surface area contributed by atoms with Crippen LogP contribution in [0.4, 0.5) is 11.5 Å². The maximum atomic E-state index is 6.24. The molecular formula is C14H13Cl2N3S. The third-order valence-electron chi connectivity index (χ3n) is 2.69. The lowest BCUT2D eigenvalue weighted by atomic mass is 10.2. The minimum atomic E-state index is 0.455. The van der Waals surface area contributed by atoms with E-state index in [0.29, 0.717) is 33.8 Å². The molecule has 2 rings (SSSR count). The molecule has 20 heavy (non-hydrogen) atoms.